The van der Waals surface area contributed by atoms with E-state index >= 15 is 0 Å². The predicted octanol–water partition coefficient (Wildman–Crippen LogP) is 7.50. The average Bonchev–Trinajstić information content (AvgIpc) is 2.68. The minimum absolute atomic E-state index is 0.684. The van der Waals surface area contributed by atoms with Gasteiger partial charge in [0.25, 0.3) is 0 Å². The lowest BCUT2D eigenvalue weighted by molar-refractivity contribution is 0.443. The normalized spacial score (nSPS) is 13.9. The van der Waals surface area contributed by atoms with E-state index in [0.717, 1.165) is 17.0 Å². The molecule has 0 spiro atoms. The summed E-state index contributed by atoms with van der Waals surface area (Å²) in [5.74, 6) is 0.737. The molecule has 2 aromatic rings. The zero-order valence-corrected chi connectivity index (χ0v) is 16.1. The minimum Gasteiger partial charge on any atom is -0.192 e. The number of hydrogen-bond donors (Lipinski definition) is 0. The van der Waals surface area contributed by atoms with Gasteiger partial charge in [-0.2, -0.15) is 5.26 Å². The van der Waals surface area contributed by atoms with E-state index in [1.54, 1.807) is 6.08 Å². The maximum atomic E-state index is 9.24. The van der Waals surface area contributed by atoms with Crippen LogP contribution in [0.2, 0.25) is 0 Å². The fourth-order valence-corrected chi connectivity index (χ4v) is 3.39. The summed E-state index contributed by atoms with van der Waals surface area (Å²) in [6.45, 7) is 11.3. The summed E-state index contributed by atoms with van der Waals surface area (Å²) in [6, 6.07) is 17.1. The molecule has 1 fully saturated rings. The lowest BCUT2D eigenvalue weighted by atomic mass is 9.83. The Hall–Kier alpha value is -2.59. The lowest BCUT2D eigenvalue weighted by Crippen LogP contribution is -2.04. The molecule has 1 aliphatic rings. The third-order valence-electron chi connectivity index (χ3n) is 4.71. The van der Waals surface area contributed by atoms with Crippen LogP contribution in [0.15, 0.2) is 61.2 Å². The molecule has 1 saturated carbocycles. The van der Waals surface area contributed by atoms with Crippen LogP contribution in [-0.4, -0.2) is 0 Å². The molecule has 134 valence electrons. The average molecular weight is 344 g/mol. The van der Waals surface area contributed by atoms with Crippen LogP contribution in [0.1, 0.15) is 68.6 Å². The predicted molar refractivity (Wildman–Crippen MR) is 113 cm³/mol. The van der Waals surface area contributed by atoms with Crippen molar-refractivity contribution in [2.45, 2.75) is 51.9 Å². The number of allylic oxidation sites excluding steroid dienone is 1. The molecule has 2 aromatic carbocycles. The van der Waals surface area contributed by atoms with Crippen molar-refractivity contribution in [2.75, 3.05) is 0 Å². The van der Waals surface area contributed by atoms with Crippen molar-refractivity contribution in [3.05, 3.63) is 77.9 Å². The van der Waals surface area contributed by atoms with Crippen molar-refractivity contribution >= 4 is 6.08 Å². The van der Waals surface area contributed by atoms with Gasteiger partial charge in [-0.25, -0.2) is 0 Å². The Morgan fingerprint density at radius 2 is 1.58 bits per heavy atom. The van der Waals surface area contributed by atoms with Crippen molar-refractivity contribution in [2.24, 2.45) is 0 Å². The quantitative estimate of drug-likeness (QED) is 0.529. The van der Waals surface area contributed by atoms with Gasteiger partial charge in [0.1, 0.15) is 0 Å². The van der Waals surface area contributed by atoms with Crippen molar-refractivity contribution in [3.8, 4) is 17.2 Å². The maximum Gasteiger partial charge on any atom is 0.0998 e. The highest BCUT2D eigenvalue weighted by Gasteiger charge is 2.15. The Bertz CT molecular complexity index is 780. The second-order valence-electron chi connectivity index (χ2n) is 7.28. The Labute approximate surface area is 158 Å². The number of benzene rings is 2. The summed E-state index contributed by atoms with van der Waals surface area (Å²) >= 11 is 0. The Morgan fingerprint density at radius 1 is 1.00 bits per heavy atom. The van der Waals surface area contributed by atoms with Crippen LogP contribution >= 0.6 is 0 Å². The van der Waals surface area contributed by atoms with Gasteiger partial charge in [0.05, 0.1) is 11.6 Å². The van der Waals surface area contributed by atoms with E-state index in [1.807, 2.05) is 26.0 Å². The number of nitrogens with zero attached hydrogens (tertiary/aromatic N) is 1. The summed E-state index contributed by atoms with van der Waals surface area (Å²) < 4.78 is 0. The standard InChI is InChI=1S/C21H21N.C4H8/c1-2-16-8-13-20(14-21(16)15-22)19-11-9-18(10-12-19)17-6-4-3-5-7-17;1-4(2)3/h2,8-14,17H,1,3-7H2;1H2,2-3H3. The number of rotatable bonds is 3. The Morgan fingerprint density at radius 3 is 2.12 bits per heavy atom. The fraction of sp³-hybridized carbons (Fsp3) is 0.320. The van der Waals surface area contributed by atoms with E-state index in [-0.39, 0.29) is 0 Å². The van der Waals surface area contributed by atoms with Crippen molar-refractivity contribution in [1.29, 1.82) is 5.26 Å². The van der Waals surface area contributed by atoms with E-state index in [4.69, 9.17) is 0 Å². The van der Waals surface area contributed by atoms with E-state index in [2.05, 4.69) is 49.6 Å². The first kappa shape index (κ1) is 19.7. The highest BCUT2D eigenvalue weighted by molar-refractivity contribution is 5.69. The molecule has 0 N–H and O–H groups in total. The van der Waals surface area contributed by atoms with Crippen molar-refractivity contribution in [1.82, 2.24) is 0 Å². The van der Waals surface area contributed by atoms with Gasteiger partial charge in [0.15, 0.2) is 0 Å². The zero-order valence-electron chi connectivity index (χ0n) is 16.1. The molecule has 1 heteroatoms. The van der Waals surface area contributed by atoms with E-state index in [0.29, 0.717) is 5.56 Å². The summed E-state index contributed by atoms with van der Waals surface area (Å²) in [7, 11) is 0. The first-order chi connectivity index (χ1) is 12.5. The molecule has 26 heavy (non-hydrogen) atoms. The smallest absolute Gasteiger partial charge is 0.0998 e. The van der Waals surface area contributed by atoms with Gasteiger partial charge in [-0.05, 0) is 60.9 Å². The Balaban J connectivity index is 0.000000552. The molecule has 0 radical (unpaired) electrons. The van der Waals surface area contributed by atoms with Crippen LogP contribution in [0.4, 0.5) is 0 Å². The van der Waals surface area contributed by atoms with Gasteiger partial charge in [-0.15, -0.1) is 6.58 Å². The summed E-state index contributed by atoms with van der Waals surface area (Å²) in [5.41, 5.74) is 6.48. The molecule has 0 atom stereocenters. The molecule has 0 aliphatic heterocycles. The van der Waals surface area contributed by atoms with E-state index in [9.17, 15) is 5.26 Å². The maximum absolute atomic E-state index is 9.24. The summed E-state index contributed by atoms with van der Waals surface area (Å²) in [4.78, 5) is 0. The third kappa shape index (κ3) is 5.46. The second kappa shape index (κ2) is 9.78. The van der Waals surface area contributed by atoms with Crippen LogP contribution in [-0.2, 0) is 0 Å². The lowest BCUT2D eigenvalue weighted by Gasteiger charge is -2.22. The first-order valence-electron chi connectivity index (χ1n) is 9.44. The molecule has 0 bridgehead atoms. The van der Waals surface area contributed by atoms with Crippen molar-refractivity contribution in [3.63, 3.8) is 0 Å². The molecule has 0 unspecified atom stereocenters. The third-order valence-corrected chi connectivity index (χ3v) is 4.71. The van der Waals surface area contributed by atoms with Crippen LogP contribution in [0.25, 0.3) is 17.2 Å². The monoisotopic (exact) mass is 343 g/mol. The molecule has 1 aliphatic carbocycles. The highest BCUT2D eigenvalue weighted by Crippen LogP contribution is 2.33. The minimum atomic E-state index is 0.684. The molecule has 0 saturated heterocycles. The van der Waals surface area contributed by atoms with Crippen LogP contribution in [0.5, 0.6) is 0 Å². The molecule has 1 nitrogen and oxygen atoms in total. The van der Waals surface area contributed by atoms with Gasteiger partial charge in [0.2, 0.25) is 0 Å². The summed E-state index contributed by atoms with van der Waals surface area (Å²) in [5, 5.41) is 9.24. The SMILES string of the molecule is C=C(C)C.C=Cc1ccc(-c2ccc(C3CCCCC3)cc2)cc1C#N. The highest BCUT2D eigenvalue weighted by atomic mass is 14.2. The molecular weight excluding hydrogens is 314 g/mol. The molecule has 0 aromatic heterocycles. The molecule has 0 amide bonds. The molecule has 3 rings (SSSR count). The zero-order chi connectivity index (χ0) is 18.9. The van der Waals surface area contributed by atoms with Gasteiger partial charge >= 0.3 is 0 Å². The van der Waals surface area contributed by atoms with E-state index in [1.165, 1.54) is 48.8 Å². The van der Waals surface area contributed by atoms with Gasteiger partial charge < -0.3 is 0 Å². The fourth-order valence-electron chi connectivity index (χ4n) is 3.39. The van der Waals surface area contributed by atoms with Gasteiger partial charge in [-0.1, -0.05) is 73.9 Å². The van der Waals surface area contributed by atoms with Gasteiger partial charge in [0, 0.05) is 0 Å². The van der Waals surface area contributed by atoms with Crippen molar-refractivity contribution < 1.29 is 0 Å². The van der Waals surface area contributed by atoms with Crippen LogP contribution < -0.4 is 0 Å². The van der Waals surface area contributed by atoms with Crippen LogP contribution in [0, 0.1) is 11.3 Å². The molecular formula is C25H29N. The van der Waals surface area contributed by atoms with E-state index < -0.39 is 0 Å². The molecule has 0 heterocycles. The summed E-state index contributed by atoms with van der Waals surface area (Å²) in [6.07, 6.45) is 8.50. The number of nitriles is 1. The van der Waals surface area contributed by atoms with Gasteiger partial charge in [-0.3, -0.25) is 0 Å². The second-order valence-corrected chi connectivity index (χ2v) is 7.28. The topological polar surface area (TPSA) is 23.8 Å². The van der Waals surface area contributed by atoms with Crippen LogP contribution in [0.3, 0.4) is 0 Å². The Kier molecular flexibility index (Phi) is 7.42. The number of hydrogen-bond acceptors (Lipinski definition) is 1. The largest absolute Gasteiger partial charge is 0.192 e. The first-order valence-corrected chi connectivity index (χ1v) is 9.44.